The number of rotatable bonds is 9. The molecule has 1 aliphatic heterocycles. The highest BCUT2D eigenvalue weighted by Crippen LogP contribution is 2.24. The van der Waals surface area contributed by atoms with Gasteiger partial charge in [0.2, 0.25) is 5.91 Å². The highest BCUT2D eigenvalue weighted by molar-refractivity contribution is 6.30. The molecule has 1 fully saturated rings. The Kier molecular flexibility index (Phi) is 10.4. The van der Waals surface area contributed by atoms with Gasteiger partial charge in [0.05, 0.1) is 32.3 Å². The largest absolute Gasteiger partial charge is 0.379 e. The lowest BCUT2D eigenvalue weighted by Gasteiger charge is -2.34. The van der Waals surface area contributed by atoms with Gasteiger partial charge in [-0.15, -0.1) is 0 Å². The van der Waals surface area contributed by atoms with E-state index in [2.05, 4.69) is 22.3 Å². The van der Waals surface area contributed by atoms with Crippen molar-refractivity contribution >= 4 is 23.5 Å². The van der Waals surface area contributed by atoms with Crippen LogP contribution < -0.4 is 5.32 Å². The number of hydrogen-bond acceptors (Lipinski definition) is 4. The van der Waals surface area contributed by atoms with E-state index in [1.807, 2.05) is 49.8 Å². The number of aliphatic imine (C=N–C) groups is 1. The van der Waals surface area contributed by atoms with E-state index in [1.54, 1.807) is 0 Å². The molecule has 0 bridgehead atoms. The molecule has 1 unspecified atom stereocenters. The normalized spacial score (nSPS) is 16.2. The van der Waals surface area contributed by atoms with E-state index >= 15 is 0 Å². The van der Waals surface area contributed by atoms with E-state index in [4.69, 9.17) is 21.3 Å². The number of morpholine rings is 1. The minimum absolute atomic E-state index is 0.107. The fourth-order valence-corrected chi connectivity index (χ4v) is 3.73. The van der Waals surface area contributed by atoms with Crippen LogP contribution in [0.4, 0.5) is 0 Å². The Labute approximate surface area is 186 Å². The molecule has 1 amide bonds. The average molecular weight is 438 g/mol. The first kappa shape index (κ1) is 24.4. The van der Waals surface area contributed by atoms with Crippen LogP contribution in [0.25, 0.3) is 0 Å². The van der Waals surface area contributed by atoms with Crippen LogP contribution in [0.5, 0.6) is 0 Å². The number of benzene rings is 1. The molecule has 1 aromatic rings. The number of hydrogen-bond donors (Lipinski definition) is 1. The van der Waals surface area contributed by atoms with Gasteiger partial charge in [0.1, 0.15) is 0 Å². The van der Waals surface area contributed by atoms with Gasteiger partial charge in [0, 0.05) is 44.8 Å². The smallest absolute Gasteiger partial charge is 0.242 e. The number of nitrogens with zero attached hydrogens (tertiary/aromatic N) is 4. The quantitative estimate of drug-likeness (QED) is 0.475. The van der Waals surface area contributed by atoms with Crippen LogP contribution in [0.15, 0.2) is 29.3 Å². The highest BCUT2D eigenvalue weighted by atomic mass is 35.5. The van der Waals surface area contributed by atoms with E-state index in [0.717, 1.165) is 43.8 Å². The number of halogens is 1. The van der Waals surface area contributed by atoms with Gasteiger partial charge < -0.3 is 19.9 Å². The van der Waals surface area contributed by atoms with E-state index in [1.165, 1.54) is 5.56 Å². The van der Waals surface area contributed by atoms with Crippen LogP contribution in [0.1, 0.15) is 32.4 Å². The van der Waals surface area contributed by atoms with Crippen molar-refractivity contribution in [3.8, 4) is 0 Å². The molecule has 0 spiro atoms. The topological polar surface area (TPSA) is 60.4 Å². The van der Waals surface area contributed by atoms with Gasteiger partial charge in [0.15, 0.2) is 5.96 Å². The van der Waals surface area contributed by atoms with Gasteiger partial charge in [-0.2, -0.15) is 0 Å². The van der Waals surface area contributed by atoms with Crippen molar-refractivity contribution < 1.29 is 9.53 Å². The molecule has 7 nitrogen and oxygen atoms in total. The average Bonchev–Trinajstić information content (AvgIpc) is 2.75. The lowest BCUT2D eigenvalue weighted by Crippen LogP contribution is -2.46. The lowest BCUT2D eigenvalue weighted by atomic mass is 10.0. The van der Waals surface area contributed by atoms with Gasteiger partial charge in [-0.05, 0) is 38.5 Å². The molecule has 30 heavy (non-hydrogen) atoms. The summed E-state index contributed by atoms with van der Waals surface area (Å²) < 4.78 is 5.53. The Morgan fingerprint density at radius 2 is 1.83 bits per heavy atom. The second-order valence-corrected chi connectivity index (χ2v) is 7.77. The molecule has 1 N–H and O–H groups in total. The van der Waals surface area contributed by atoms with Crippen molar-refractivity contribution in [2.45, 2.75) is 26.8 Å². The molecule has 0 saturated carbocycles. The molecular weight excluding hydrogens is 402 g/mol. The van der Waals surface area contributed by atoms with Crippen LogP contribution >= 0.6 is 11.6 Å². The second-order valence-electron chi connectivity index (χ2n) is 7.33. The van der Waals surface area contributed by atoms with Crippen LogP contribution in [-0.2, 0) is 9.53 Å². The van der Waals surface area contributed by atoms with Crippen LogP contribution in [0.3, 0.4) is 0 Å². The maximum atomic E-state index is 12.5. The highest BCUT2D eigenvalue weighted by Gasteiger charge is 2.23. The van der Waals surface area contributed by atoms with Crippen molar-refractivity contribution in [1.29, 1.82) is 0 Å². The first-order chi connectivity index (χ1) is 14.5. The zero-order chi connectivity index (χ0) is 21.9. The Balaban J connectivity index is 2.17. The molecule has 1 saturated heterocycles. The zero-order valence-corrected chi connectivity index (χ0v) is 19.5. The number of carbonyl (C=O) groups excluding carboxylic acids is 1. The number of guanidine groups is 1. The van der Waals surface area contributed by atoms with Crippen LogP contribution in [0, 0.1) is 0 Å². The number of amides is 1. The summed E-state index contributed by atoms with van der Waals surface area (Å²) >= 11 is 6.10. The Morgan fingerprint density at radius 3 is 2.40 bits per heavy atom. The summed E-state index contributed by atoms with van der Waals surface area (Å²) in [7, 11) is 1.91. The molecule has 1 aliphatic rings. The molecular formula is C22H36ClN5O2. The van der Waals surface area contributed by atoms with Crippen LogP contribution in [-0.4, -0.2) is 92.6 Å². The van der Waals surface area contributed by atoms with Gasteiger partial charge in [-0.3, -0.25) is 14.7 Å². The summed E-state index contributed by atoms with van der Waals surface area (Å²) in [5.41, 5.74) is 1.18. The van der Waals surface area contributed by atoms with Gasteiger partial charge in [0.25, 0.3) is 0 Å². The summed E-state index contributed by atoms with van der Waals surface area (Å²) in [4.78, 5) is 23.6. The molecule has 168 valence electrons. The SMILES string of the molecule is CCNC(=NCC(c1ccc(Cl)cc1)N1CCOCC1)N(C)CC(=O)N(CC)CC. The first-order valence-corrected chi connectivity index (χ1v) is 11.2. The third-order valence-corrected chi connectivity index (χ3v) is 5.59. The number of likely N-dealkylation sites (N-methyl/N-ethyl adjacent to an activating group) is 2. The fraction of sp³-hybridized carbons (Fsp3) is 0.636. The monoisotopic (exact) mass is 437 g/mol. The maximum Gasteiger partial charge on any atom is 0.242 e. The Hall–Kier alpha value is -1.83. The van der Waals surface area contributed by atoms with Gasteiger partial charge >= 0.3 is 0 Å². The molecule has 0 aliphatic carbocycles. The third kappa shape index (κ3) is 7.15. The van der Waals surface area contributed by atoms with Crippen molar-refractivity contribution in [2.24, 2.45) is 4.99 Å². The number of nitrogens with one attached hydrogen (secondary N) is 1. The zero-order valence-electron chi connectivity index (χ0n) is 18.7. The predicted octanol–water partition coefficient (Wildman–Crippen LogP) is 2.48. The Bertz CT molecular complexity index is 673. The predicted molar refractivity (Wildman–Crippen MR) is 123 cm³/mol. The van der Waals surface area contributed by atoms with E-state index in [9.17, 15) is 4.79 Å². The maximum absolute atomic E-state index is 12.5. The standard InChI is InChI=1S/C22H36ClN5O2/c1-5-24-22(26(4)17-21(29)27(6-2)7-3)25-16-20(28-12-14-30-15-13-28)18-8-10-19(23)11-9-18/h8-11,20H,5-7,12-17H2,1-4H3,(H,24,25). The molecule has 8 heteroatoms. The number of carbonyl (C=O) groups is 1. The summed E-state index contributed by atoms with van der Waals surface area (Å²) in [5.74, 6) is 0.848. The fourth-order valence-electron chi connectivity index (χ4n) is 3.60. The van der Waals surface area contributed by atoms with Gasteiger partial charge in [-0.25, -0.2) is 0 Å². The molecule has 1 heterocycles. The molecule has 1 aromatic carbocycles. The minimum atomic E-state index is 0.107. The van der Waals surface area contributed by atoms with Crippen molar-refractivity contribution in [1.82, 2.24) is 20.0 Å². The summed E-state index contributed by atoms with van der Waals surface area (Å²) in [5, 5.41) is 4.05. The summed E-state index contributed by atoms with van der Waals surface area (Å²) in [6.45, 7) is 12.3. The first-order valence-electron chi connectivity index (χ1n) is 10.8. The molecule has 2 rings (SSSR count). The van der Waals surface area contributed by atoms with Gasteiger partial charge in [-0.1, -0.05) is 23.7 Å². The second kappa shape index (κ2) is 12.8. The van der Waals surface area contributed by atoms with E-state index in [-0.39, 0.29) is 11.9 Å². The molecule has 0 radical (unpaired) electrons. The van der Waals surface area contributed by atoms with Crippen LogP contribution in [0.2, 0.25) is 5.02 Å². The van der Waals surface area contributed by atoms with Crippen molar-refractivity contribution in [3.63, 3.8) is 0 Å². The number of ether oxygens (including phenoxy) is 1. The molecule has 0 aromatic heterocycles. The minimum Gasteiger partial charge on any atom is -0.379 e. The molecule has 1 atom stereocenters. The summed E-state index contributed by atoms with van der Waals surface area (Å²) in [6.07, 6.45) is 0. The third-order valence-electron chi connectivity index (χ3n) is 5.34. The summed E-state index contributed by atoms with van der Waals surface area (Å²) in [6, 6.07) is 8.12. The Morgan fingerprint density at radius 1 is 1.20 bits per heavy atom. The van der Waals surface area contributed by atoms with E-state index < -0.39 is 0 Å². The van der Waals surface area contributed by atoms with Crippen molar-refractivity contribution in [2.75, 3.05) is 66.1 Å². The van der Waals surface area contributed by atoms with E-state index in [0.29, 0.717) is 26.2 Å². The van der Waals surface area contributed by atoms with Crippen molar-refractivity contribution in [3.05, 3.63) is 34.9 Å². The lowest BCUT2D eigenvalue weighted by molar-refractivity contribution is -0.131.